The Hall–Kier alpha value is -2.87. The first-order chi connectivity index (χ1) is 16.3. The smallest absolute Gasteiger partial charge is 0.253 e. The van der Waals surface area contributed by atoms with Gasteiger partial charge in [-0.05, 0) is 74.6 Å². The third-order valence-electron chi connectivity index (χ3n) is 6.29. The van der Waals surface area contributed by atoms with Gasteiger partial charge in [0.25, 0.3) is 11.8 Å². The first-order valence-electron chi connectivity index (χ1n) is 11.6. The standard InChI is InChI=1S/C26H32BrN3O4/c1-4-17(2)28-25(32)23(29-24(31)19-8-10-22(34-3)11-9-19)18-12-14-30(15-13-18)26(33)20-6-5-7-21(27)16-20/h5-11,16-18,23H,4,12-15H2,1-3H3,(H,28,32)(H,29,31)/t17-,23-/m1/s1. The number of nitrogens with zero attached hydrogens (tertiary/aromatic N) is 1. The van der Waals surface area contributed by atoms with Gasteiger partial charge in [-0.15, -0.1) is 0 Å². The number of nitrogens with one attached hydrogen (secondary N) is 2. The van der Waals surface area contributed by atoms with Gasteiger partial charge in [0.15, 0.2) is 0 Å². The molecule has 3 amide bonds. The van der Waals surface area contributed by atoms with Gasteiger partial charge in [-0.3, -0.25) is 14.4 Å². The fourth-order valence-electron chi connectivity index (χ4n) is 4.04. The van der Waals surface area contributed by atoms with Crippen LogP contribution in [-0.2, 0) is 4.79 Å². The maximum Gasteiger partial charge on any atom is 0.253 e. The van der Waals surface area contributed by atoms with E-state index in [9.17, 15) is 14.4 Å². The average molecular weight is 530 g/mol. The van der Waals surface area contributed by atoms with Crippen molar-refractivity contribution in [3.05, 3.63) is 64.1 Å². The van der Waals surface area contributed by atoms with Crippen LogP contribution in [-0.4, -0.2) is 54.9 Å². The summed E-state index contributed by atoms with van der Waals surface area (Å²) in [5, 5.41) is 5.96. The summed E-state index contributed by atoms with van der Waals surface area (Å²) in [4.78, 5) is 40.8. The number of ether oxygens (including phenoxy) is 1. The summed E-state index contributed by atoms with van der Waals surface area (Å²) < 4.78 is 6.01. The SMILES string of the molecule is CC[C@@H](C)NC(=O)[C@H](NC(=O)c1ccc(OC)cc1)C1CCN(C(=O)c2cccc(Br)c2)CC1. The topological polar surface area (TPSA) is 87.7 Å². The molecule has 8 heteroatoms. The predicted molar refractivity (Wildman–Crippen MR) is 135 cm³/mol. The van der Waals surface area contributed by atoms with Crippen LogP contribution >= 0.6 is 15.9 Å². The van der Waals surface area contributed by atoms with Crippen LogP contribution in [0.5, 0.6) is 5.75 Å². The number of carbonyl (C=O) groups excluding carboxylic acids is 3. The number of methoxy groups -OCH3 is 1. The Balaban J connectivity index is 1.70. The molecule has 1 fully saturated rings. The maximum absolute atomic E-state index is 13.1. The summed E-state index contributed by atoms with van der Waals surface area (Å²) in [6.07, 6.45) is 2.05. The van der Waals surface area contributed by atoms with E-state index in [0.29, 0.717) is 42.8 Å². The zero-order valence-electron chi connectivity index (χ0n) is 19.8. The number of amides is 3. The number of hydrogen-bond acceptors (Lipinski definition) is 4. The molecule has 2 atom stereocenters. The number of likely N-dealkylation sites (tertiary alicyclic amines) is 1. The van der Waals surface area contributed by atoms with Crippen molar-refractivity contribution < 1.29 is 19.1 Å². The molecule has 1 aliphatic heterocycles. The highest BCUT2D eigenvalue weighted by Crippen LogP contribution is 2.24. The van der Waals surface area contributed by atoms with E-state index in [1.54, 1.807) is 37.4 Å². The molecular weight excluding hydrogens is 498 g/mol. The molecule has 0 spiro atoms. The lowest BCUT2D eigenvalue weighted by Crippen LogP contribution is -2.55. The van der Waals surface area contributed by atoms with Crippen LogP contribution in [0.25, 0.3) is 0 Å². The van der Waals surface area contributed by atoms with Crippen LogP contribution in [0.15, 0.2) is 53.0 Å². The van der Waals surface area contributed by atoms with Crippen LogP contribution < -0.4 is 15.4 Å². The number of hydrogen-bond donors (Lipinski definition) is 2. The third kappa shape index (κ3) is 6.59. The zero-order valence-corrected chi connectivity index (χ0v) is 21.4. The molecule has 34 heavy (non-hydrogen) atoms. The van der Waals surface area contributed by atoms with Crippen molar-refractivity contribution in [1.82, 2.24) is 15.5 Å². The summed E-state index contributed by atoms with van der Waals surface area (Å²) in [5.74, 6) is 0.0677. The molecule has 1 saturated heterocycles. The summed E-state index contributed by atoms with van der Waals surface area (Å²) >= 11 is 3.41. The van der Waals surface area contributed by atoms with E-state index >= 15 is 0 Å². The van der Waals surface area contributed by atoms with E-state index in [-0.39, 0.29) is 29.7 Å². The average Bonchev–Trinajstić information content (AvgIpc) is 2.86. The second kappa shape index (κ2) is 12.0. The highest BCUT2D eigenvalue weighted by Gasteiger charge is 2.34. The Bertz CT molecular complexity index is 1000. The van der Waals surface area contributed by atoms with Crippen molar-refractivity contribution >= 4 is 33.7 Å². The summed E-state index contributed by atoms with van der Waals surface area (Å²) in [5.41, 5.74) is 1.09. The van der Waals surface area contributed by atoms with Crippen LogP contribution in [0.4, 0.5) is 0 Å². The van der Waals surface area contributed by atoms with Crippen molar-refractivity contribution in [2.45, 2.75) is 45.2 Å². The highest BCUT2D eigenvalue weighted by atomic mass is 79.9. The fourth-order valence-corrected chi connectivity index (χ4v) is 4.44. The first kappa shape index (κ1) is 25.7. The Kier molecular flexibility index (Phi) is 9.10. The molecule has 0 saturated carbocycles. The molecule has 3 rings (SSSR count). The van der Waals surface area contributed by atoms with E-state index in [0.717, 1.165) is 10.9 Å². The Morgan fingerprint density at radius 3 is 2.32 bits per heavy atom. The number of halogens is 1. The van der Waals surface area contributed by atoms with Crippen molar-refractivity contribution in [1.29, 1.82) is 0 Å². The second-order valence-corrected chi connectivity index (χ2v) is 9.55. The molecule has 0 unspecified atom stereocenters. The van der Waals surface area contributed by atoms with Gasteiger partial charge < -0.3 is 20.3 Å². The molecule has 2 aromatic rings. The quantitative estimate of drug-likeness (QED) is 0.540. The maximum atomic E-state index is 13.1. The molecule has 1 aliphatic rings. The van der Waals surface area contributed by atoms with E-state index in [1.165, 1.54) is 0 Å². The largest absolute Gasteiger partial charge is 0.497 e. The minimum atomic E-state index is -0.674. The molecule has 0 aliphatic carbocycles. The van der Waals surface area contributed by atoms with Crippen molar-refractivity contribution in [2.75, 3.05) is 20.2 Å². The van der Waals surface area contributed by atoms with E-state index in [1.807, 2.05) is 36.9 Å². The van der Waals surface area contributed by atoms with Gasteiger partial charge in [-0.25, -0.2) is 0 Å². The molecule has 2 N–H and O–H groups in total. The second-order valence-electron chi connectivity index (χ2n) is 8.64. The van der Waals surface area contributed by atoms with E-state index in [2.05, 4.69) is 26.6 Å². The van der Waals surface area contributed by atoms with Gasteiger partial charge in [0.2, 0.25) is 5.91 Å². The van der Waals surface area contributed by atoms with Gasteiger partial charge >= 0.3 is 0 Å². The zero-order chi connectivity index (χ0) is 24.7. The Morgan fingerprint density at radius 2 is 1.74 bits per heavy atom. The number of benzene rings is 2. The van der Waals surface area contributed by atoms with Crippen LogP contribution in [0.1, 0.15) is 53.8 Å². The lowest BCUT2D eigenvalue weighted by molar-refractivity contribution is -0.125. The molecule has 7 nitrogen and oxygen atoms in total. The number of rotatable bonds is 8. The van der Waals surface area contributed by atoms with Crippen LogP contribution in [0.2, 0.25) is 0 Å². The first-order valence-corrected chi connectivity index (χ1v) is 12.4. The van der Waals surface area contributed by atoms with Crippen molar-refractivity contribution in [3.8, 4) is 5.75 Å². The number of carbonyl (C=O) groups is 3. The number of piperidine rings is 1. The van der Waals surface area contributed by atoms with Crippen molar-refractivity contribution in [3.63, 3.8) is 0 Å². The van der Waals surface area contributed by atoms with Gasteiger partial charge in [0.1, 0.15) is 11.8 Å². The molecule has 0 aromatic heterocycles. The van der Waals surface area contributed by atoms with Crippen LogP contribution in [0.3, 0.4) is 0 Å². The van der Waals surface area contributed by atoms with Gasteiger partial charge in [0, 0.05) is 34.7 Å². The normalized spacial score (nSPS) is 15.8. The van der Waals surface area contributed by atoms with Crippen molar-refractivity contribution in [2.24, 2.45) is 5.92 Å². The van der Waals surface area contributed by atoms with Crippen LogP contribution in [0, 0.1) is 5.92 Å². The lowest BCUT2D eigenvalue weighted by Gasteiger charge is -2.36. The third-order valence-corrected chi connectivity index (χ3v) is 6.79. The molecule has 0 bridgehead atoms. The molecule has 0 radical (unpaired) electrons. The molecular formula is C26H32BrN3O4. The summed E-state index contributed by atoms with van der Waals surface area (Å²) in [6, 6.07) is 13.5. The predicted octanol–water partition coefficient (Wildman–Crippen LogP) is 4.02. The molecule has 2 aromatic carbocycles. The molecule has 1 heterocycles. The monoisotopic (exact) mass is 529 g/mol. The van der Waals surface area contributed by atoms with E-state index in [4.69, 9.17) is 4.74 Å². The van der Waals surface area contributed by atoms with E-state index < -0.39 is 6.04 Å². The molecule has 182 valence electrons. The highest BCUT2D eigenvalue weighted by molar-refractivity contribution is 9.10. The minimum absolute atomic E-state index is 0.00563. The van der Waals surface area contributed by atoms with Gasteiger partial charge in [-0.2, -0.15) is 0 Å². The van der Waals surface area contributed by atoms with Gasteiger partial charge in [0.05, 0.1) is 7.11 Å². The summed E-state index contributed by atoms with van der Waals surface area (Å²) in [6.45, 7) is 5.00. The van der Waals surface area contributed by atoms with Gasteiger partial charge in [-0.1, -0.05) is 28.9 Å². The Labute approximate surface area is 209 Å². The lowest BCUT2D eigenvalue weighted by atomic mass is 9.88. The summed E-state index contributed by atoms with van der Waals surface area (Å²) in [7, 11) is 1.57. The Morgan fingerprint density at radius 1 is 1.06 bits per heavy atom. The fraction of sp³-hybridized carbons (Fsp3) is 0.423. The minimum Gasteiger partial charge on any atom is -0.497 e.